The van der Waals surface area contributed by atoms with Gasteiger partial charge in [-0.2, -0.15) is 0 Å². The molecule has 2 aromatic rings. The molecule has 0 saturated heterocycles. The first-order valence-corrected chi connectivity index (χ1v) is 11.7. The summed E-state index contributed by atoms with van der Waals surface area (Å²) in [5, 5.41) is 7.38. The molecule has 2 atom stereocenters. The molecule has 5 nitrogen and oxygen atoms in total. The first kappa shape index (κ1) is 20.8. The maximum atomic E-state index is 12.5. The van der Waals surface area contributed by atoms with Gasteiger partial charge in [0.2, 0.25) is 0 Å². The average Bonchev–Trinajstić information content (AvgIpc) is 3.10. The van der Waals surface area contributed by atoms with Crippen molar-refractivity contribution in [3.63, 3.8) is 0 Å². The summed E-state index contributed by atoms with van der Waals surface area (Å²) in [6.07, 6.45) is 5.09. The predicted molar refractivity (Wildman–Crippen MR) is 112 cm³/mol. The number of carbonyl (C=O) groups is 1. The van der Waals surface area contributed by atoms with E-state index >= 15 is 0 Å². The number of carbonyl (C=O) groups excluding carboxylic acids is 1. The van der Waals surface area contributed by atoms with Crippen LogP contribution in [-0.2, 0) is 16.3 Å². The summed E-state index contributed by atoms with van der Waals surface area (Å²) in [7, 11) is -3.26. The van der Waals surface area contributed by atoms with Gasteiger partial charge in [-0.05, 0) is 74.2 Å². The maximum absolute atomic E-state index is 12.5. The zero-order valence-electron chi connectivity index (χ0n) is 15.8. The van der Waals surface area contributed by atoms with Crippen LogP contribution in [0.25, 0.3) is 0 Å². The number of hydrogen-bond donors (Lipinski definition) is 2. The van der Waals surface area contributed by atoms with Crippen LogP contribution < -0.4 is 10.6 Å². The van der Waals surface area contributed by atoms with Gasteiger partial charge in [0.05, 0.1) is 4.90 Å². The minimum absolute atomic E-state index is 0.0762. The Balaban J connectivity index is 1.52. The zero-order chi connectivity index (χ0) is 20.1. The Morgan fingerprint density at radius 3 is 2.32 bits per heavy atom. The standard InChI is InChI=1S/C21H25ClN2O3S/c1-28(26,27)18-11-7-16(8-12-18)21(25)24-20-4-2-3-19(20)23-14-13-15-5-9-17(22)10-6-15/h5-12,19-20,23H,2-4,13-14H2,1H3,(H,24,25). The molecule has 1 saturated carbocycles. The summed E-state index contributed by atoms with van der Waals surface area (Å²) in [5.41, 5.74) is 1.70. The number of hydrogen-bond acceptors (Lipinski definition) is 4. The number of benzene rings is 2. The molecule has 0 bridgehead atoms. The van der Waals surface area contributed by atoms with E-state index in [-0.39, 0.29) is 22.9 Å². The lowest BCUT2D eigenvalue weighted by atomic mass is 10.1. The van der Waals surface area contributed by atoms with Crippen LogP contribution in [0.15, 0.2) is 53.4 Å². The molecule has 2 aromatic carbocycles. The molecule has 0 heterocycles. The molecule has 1 amide bonds. The van der Waals surface area contributed by atoms with Gasteiger partial charge in [0.25, 0.3) is 5.91 Å². The third-order valence-electron chi connectivity index (χ3n) is 5.11. The van der Waals surface area contributed by atoms with Crippen LogP contribution in [0.1, 0.15) is 35.2 Å². The van der Waals surface area contributed by atoms with E-state index in [1.54, 1.807) is 12.1 Å². The van der Waals surface area contributed by atoms with Crippen molar-refractivity contribution in [2.45, 2.75) is 42.7 Å². The molecule has 0 spiro atoms. The van der Waals surface area contributed by atoms with Gasteiger partial charge in [0.1, 0.15) is 0 Å². The summed E-state index contributed by atoms with van der Waals surface area (Å²) in [6, 6.07) is 14.2. The van der Waals surface area contributed by atoms with Gasteiger partial charge in [-0.3, -0.25) is 4.79 Å². The molecule has 2 unspecified atom stereocenters. The van der Waals surface area contributed by atoms with Crippen molar-refractivity contribution in [2.24, 2.45) is 0 Å². The highest BCUT2D eigenvalue weighted by atomic mass is 35.5. The van der Waals surface area contributed by atoms with Crippen molar-refractivity contribution in [1.29, 1.82) is 0 Å². The molecule has 150 valence electrons. The van der Waals surface area contributed by atoms with Gasteiger partial charge in [-0.15, -0.1) is 0 Å². The summed E-state index contributed by atoms with van der Waals surface area (Å²) < 4.78 is 23.1. The van der Waals surface area contributed by atoms with Crippen LogP contribution >= 0.6 is 11.6 Å². The SMILES string of the molecule is CS(=O)(=O)c1ccc(C(=O)NC2CCCC2NCCc2ccc(Cl)cc2)cc1. The van der Waals surface area contributed by atoms with E-state index in [4.69, 9.17) is 11.6 Å². The van der Waals surface area contributed by atoms with E-state index in [1.807, 2.05) is 24.3 Å². The molecule has 1 aliphatic rings. The first-order valence-electron chi connectivity index (χ1n) is 9.42. The minimum atomic E-state index is -3.26. The third-order valence-corrected chi connectivity index (χ3v) is 6.49. The van der Waals surface area contributed by atoms with Crippen molar-refractivity contribution in [3.05, 3.63) is 64.7 Å². The van der Waals surface area contributed by atoms with Crippen LogP contribution in [-0.4, -0.2) is 39.2 Å². The smallest absolute Gasteiger partial charge is 0.251 e. The number of sulfone groups is 1. The Kier molecular flexibility index (Phi) is 6.75. The van der Waals surface area contributed by atoms with Crippen molar-refractivity contribution < 1.29 is 13.2 Å². The number of halogens is 1. The normalized spacial score (nSPS) is 19.5. The molecule has 1 aliphatic carbocycles. The molecule has 1 fully saturated rings. The highest BCUT2D eigenvalue weighted by molar-refractivity contribution is 7.90. The van der Waals surface area contributed by atoms with E-state index in [0.717, 1.165) is 43.5 Å². The molecular weight excluding hydrogens is 396 g/mol. The van der Waals surface area contributed by atoms with Gasteiger partial charge in [0.15, 0.2) is 9.84 Å². The average molecular weight is 421 g/mol. The van der Waals surface area contributed by atoms with Crippen molar-refractivity contribution in [1.82, 2.24) is 10.6 Å². The first-order chi connectivity index (χ1) is 13.3. The lowest BCUT2D eigenvalue weighted by Crippen LogP contribution is -2.47. The second kappa shape index (κ2) is 9.07. The molecule has 28 heavy (non-hydrogen) atoms. The highest BCUT2D eigenvalue weighted by Gasteiger charge is 2.28. The molecular formula is C21H25ClN2O3S. The number of nitrogens with one attached hydrogen (secondary N) is 2. The topological polar surface area (TPSA) is 75.3 Å². The van der Waals surface area contributed by atoms with Gasteiger partial charge < -0.3 is 10.6 Å². The highest BCUT2D eigenvalue weighted by Crippen LogP contribution is 2.20. The Labute approximate surface area is 171 Å². The Bertz CT molecular complexity index is 912. The quantitative estimate of drug-likeness (QED) is 0.721. The summed E-state index contributed by atoms with van der Waals surface area (Å²) in [5.74, 6) is -0.170. The Morgan fingerprint density at radius 2 is 1.68 bits per heavy atom. The zero-order valence-corrected chi connectivity index (χ0v) is 17.4. The molecule has 0 radical (unpaired) electrons. The van der Waals surface area contributed by atoms with Crippen molar-refractivity contribution in [2.75, 3.05) is 12.8 Å². The monoisotopic (exact) mass is 420 g/mol. The fraction of sp³-hybridized carbons (Fsp3) is 0.381. The van der Waals surface area contributed by atoms with Crippen LogP contribution in [0.5, 0.6) is 0 Å². The van der Waals surface area contributed by atoms with E-state index in [2.05, 4.69) is 10.6 Å². The molecule has 0 aliphatic heterocycles. The number of amides is 1. The summed E-state index contributed by atoms with van der Waals surface area (Å²) in [4.78, 5) is 12.7. The van der Waals surface area contributed by atoms with E-state index in [0.29, 0.717) is 5.56 Å². The summed E-state index contributed by atoms with van der Waals surface area (Å²) >= 11 is 5.91. The van der Waals surface area contributed by atoms with Crippen molar-refractivity contribution >= 4 is 27.3 Å². The van der Waals surface area contributed by atoms with Crippen molar-refractivity contribution in [3.8, 4) is 0 Å². The maximum Gasteiger partial charge on any atom is 0.251 e. The van der Waals surface area contributed by atoms with Gasteiger partial charge in [-0.25, -0.2) is 8.42 Å². The van der Waals surface area contributed by atoms with Crippen LogP contribution in [0, 0.1) is 0 Å². The Morgan fingerprint density at radius 1 is 1.04 bits per heavy atom. The van der Waals surface area contributed by atoms with E-state index in [1.165, 1.54) is 17.7 Å². The van der Waals surface area contributed by atoms with Gasteiger partial charge >= 0.3 is 0 Å². The summed E-state index contributed by atoms with van der Waals surface area (Å²) in [6.45, 7) is 0.835. The predicted octanol–water partition coefficient (Wildman–Crippen LogP) is 3.23. The Hall–Kier alpha value is -1.89. The van der Waals surface area contributed by atoms with Crippen LogP contribution in [0.2, 0.25) is 5.02 Å². The second-order valence-corrected chi connectivity index (χ2v) is 9.70. The van der Waals surface area contributed by atoms with Gasteiger partial charge in [-0.1, -0.05) is 23.7 Å². The largest absolute Gasteiger partial charge is 0.348 e. The van der Waals surface area contributed by atoms with Gasteiger partial charge in [0, 0.05) is 28.9 Å². The lowest BCUT2D eigenvalue weighted by molar-refractivity contribution is 0.0931. The molecule has 2 N–H and O–H groups in total. The molecule has 0 aromatic heterocycles. The second-order valence-electron chi connectivity index (χ2n) is 7.24. The fourth-order valence-corrected chi connectivity index (χ4v) is 4.29. The minimum Gasteiger partial charge on any atom is -0.348 e. The van der Waals surface area contributed by atoms with Crippen LogP contribution in [0.4, 0.5) is 0 Å². The van der Waals surface area contributed by atoms with Crippen LogP contribution in [0.3, 0.4) is 0 Å². The lowest BCUT2D eigenvalue weighted by Gasteiger charge is -2.22. The van der Waals surface area contributed by atoms with E-state index < -0.39 is 9.84 Å². The molecule has 7 heteroatoms. The fourth-order valence-electron chi connectivity index (χ4n) is 3.54. The number of rotatable bonds is 7. The third kappa shape index (κ3) is 5.56. The molecule has 3 rings (SSSR count). The van der Waals surface area contributed by atoms with E-state index in [9.17, 15) is 13.2 Å².